The molecule has 0 aliphatic rings. The standard InChI is InChI=1S/C16H10ClF2N3O/c17-12-7-11(5-6-13(12)19)20-16(23)15-8-14(21-22-15)9-1-3-10(18)4-2-9/h1-8H,(H,20,23)(H,21,22). The van der Waals surface area contributed by atoms with Gasteiger partial charge in [0, 0.05) is 11.3 Å². The van der Waals surface area contributed by atoms with E-state index in [1.165, 1.54) is 30.3 Å². The van der Waals surface area contributed by atoms with Crippen LogP contribution >= 0.6 is 11.6 Å². The van der Waals surface area contributed by atoms with E-state index in [0.717, 1.165) is 6.07 Å². The summed E-state index contributed by atoms with van der Waals surface area (Å²) >= 11 is 5.66. The van der Waals surface area contributed by atoms with Gasteiger partial charge in [-0.05, 0) is 48.5 Å². The van der Waals surface area contributed by atoms with E-state index in [4.69, 9.17) is 11.6 Å². The predicted molar refractivity (Wildman–Crippen MR) is 83.3 cm³/mol. The lowest BCUT2D eigenvalue weighted by Gasteiger charge is -2.04. The monoisotopic (exact) mass is 333 g/mol. The molecule has 0 radical (unpaired) electrons. The third kappa shape index (κ3) is 3.37. The van der Waals surface area contributed by atoms with Crippen molar-refractivity contribution in [1.82, 2.24) is 10.2 Å². The first-order chi connectivity index (χ1) is 11.0. The summed E-state index contributed by atoms with van der Waals surface area (Å²) in [5.74, 6) is -1.37. The Kier molecular flexibility index (Phi) is 4.08. The van der Waals surface area contributed by atoms with Crippen molar-refractivity contribution in [3.8, 4) is 11.3 Å². The molecule has 2 N–H and O–H groups in total. The molecule has 3 rings (SSSR count). The third-order valence-corrected chi connectivity index (χ3v) is 3.43. The molecule has 0 atom stereocenters. The number of aromatic amines is 1. The lowest BCUT2D eigenvalue weighted by molar-refractivity contribution is 0.102. The number of amides is 1. The van der Waals surface area contributed by atoms with Crippen molar-refractivity contribution >= 4 is 23.2 Å². The van der Waals surface area contributed by atoms with Gasteiger partial charge in [-0.25, -0.2) is 8.78 Å². The Morgan fingerprint density at radius 3 is 2.52 bits per heavy atom. The van der Waals surface area contributed by atoms with Crippen LogP contribution in [0.15, 0.2) is 48.5 Å². The van der Waals surface area contributed by atoms with E-state index in [2.05, 4.69) is 15.5 Å². The maximum atomic E-state index is 13.1. The fourth-order valence-electron chi connectivity index (χ4n) is 1.98. The topological polar surface area (TPSA) is 57.8 Å². The maximum absolute atomic E-state index is 13.1. The number of halogens is 3. The van der Waals surface area contributed by atoms with E-state index >= 15 is 0 Å². The largest absolute Gasteiger partial charge is 0.321 e. The Bertz CT molecular complexity index is 862. The number of carbonyl (C=O) groups is 1. The molecule has 1 heterocycles. The number of H-pyrrole nitrogens is 1. The highest BCUT2D eigenvalue weighted by molar-refractivity contribution is 6.31. The van der Waals surface area contributed by atoms with Crippen molar-refractivity contribution < 1.29 is 13.6 Å². The molecule has 1 amide bonds. The van der Waals surface area contributed by atoms with Crippen LogP contribution in [0, 0.1) is 11.6 Å². The smallest absolute Gasteiger partial charge is 0.273 e. The Morgan fingerprint density at radius 1 is 1.09 bits per heavy atom. The van der Waals surface area contributed by atoms with Gasteiger partial charge in [0.1, 0.15) is 17.3 Å². The van der Waals surface area contributed by atoms with Crippen molar-refractivity contribution in [2.75, 3.05) is 5.32 Å². The van der Waals surface area contributed by atoms with E-state index in [1.807, 2.05) is 0 Å². The van der Waals surface area contributed by atoms with E-state index in [0.29, 0.717) is 16.9 Å². The van der Waals surface area contributed by atoms with Gasteiger partial charge in [0.15, 0.2) is 0 Å². The van der Waals surface area contributed by atoms with Crippen LogP contribution in [0.1, 0.15) is 10.5 Å². The molecule has 0 spiro atoms. The molecule has 3 aromatic rings. The van der Waals surface area contributed by atoms with Crippen LogP contribution in [-0.2, 0) is 0 Å². The predicted octanol–water partition coefficient (Wildman–Crippen LogP) is 4.26. The molecule has 0 aliphatic heterocycles. The van der Waals surface area contributed by atoms with E-state index in [-0.39, 0.29) is 16.5 Å². The summed E-state index contributed by atoms with van der Waals surface area (Å²) in [5, 5.41) is 9.11. The third-order valence-electron chi connectivity index (χ3n) is 3.14. The molecule has 116 valence electrons. The van der Waals surface area contributed by atoms with Crippen LogP contribution in [0.2, 0.25) is 5.02 Å². The fraction of sp³-hybridized carbons (Fsp3) is 0. The molecule has 4 nitrogen and oxygen atoms in total. The van der Waals surface area contributed by atoms with Crippen LogP contribution in [-0.4, -0.2) is 16.1 Å². The minimum atomic E-state index is -0.565. The van der Waals surface area contributed by atoms with Crippen molar-refractivity contribution in [1.29, 1.82) is 0 Å². The average molecular weight is 334 g/mol. The van der Waals surface area contributed by atoms with Gasteiger partial charge in [-0.15, -0.1) is 0 Å². The van der Waals surface area contributed by atoms with Gasteiger partial charge in [-0.2, -0.15) is 5.10 Å². The highest BCUT2D eigenvalue weighted by Crippen LogP contribution is 2.21. The Labute approximate surface area is 135 Å². The molecule has 1 aromatic heterocycles. The molecule has 2 aromatic carbocycles. The summed E-state index contributed by atoms with van der Waals surface area (Å²) in [7, 11) is 0. The number of carbonyl (C=O) groups excluding carboxylic acids is 1. The van der Waals surface area contributed by atoms with Gasteiger partial charge >= 0.3 is 0 Å². The SMILES string of the molecule is O=C(Nc1ccc(F)c(Cl)c1)c1cc(-c2ccc(F)cc2)n[nH]1. The minimum Gasteiger partial charge on any atom is -0.321 e. The summed E-state index contributed by atoms with van der Waals surface area (Å²) in [6, 6.07) is 11.2. The molecule has 0 unspecified atom stereocenters. The van der Waals surface area contributed by atoms with E-state index in [1.54, 1.807) is 12.1 Å². The van der Waals surface area contributed by atoms with Gasteiger partial charge in [-0.3, -0.25) is 9.89 Å². The highest BCUT2D eigenvalue weighted by Gasteiger charge is 2.12. The van der Waals surface area contributed by atoms with Crippen LogP contribution in [0.3, 0.4) is 0 Å². The first-order valence-corrected chi connectivity index (χ1v) is 6.98. The molecule has 0 fully saturated rings. The van der Waals surface area contributed by atoms with Crippen molar-refractivity contribution in [2.45, 2.75) is 0 Å². The molecule has 23 heavy (non-hydrogen) atoms. The number of anilines is 1. The van der Waals surface area contributed by atoms with Gasteiger partial charge < -0.3 is 5.32 Å². The Morgan fingerprint density at radius 2 is 1.83 bits per heavy atom. The normalized spacial score (nSPS) is 10.6. The van der Waals surface area contributed by atoms with Gasteiger partial charge in [0.05, 0.1) is 10.7 Å². The number of benzene rings is 2. The van der Waals surface area contributed by atoms with Crippen LogP contribution in [0.25, 0.3) is 11.3 Å². The van der Waals surface area contributed by atoms with Crippen molar-refractivity contribution in [2.24, 2.45) is 0 Å². The molecular weight excluding hydrogens is 324 g/mol. The molecule has 0 saturated heterocycles. The summed E-state index contributed by atoms with van der Waals surface area (Å²) < 4.78 is 26.0. The van der Waals surface area contributed by atoms with Crippen molar-refractivity contribution in [3.63, 3.8) is 0 Å². The zero-order valence-electron chi connectivity index (χ0n) is 11.6. The number of nitrogens with zero attached hydrogens (tertiary/aromatic N) is 1. The van der Waals surface area contributed by atoms with E-state index in [9.17, 15) is 13.6 Å². The molecule has 0 aliphatic carbocycles. The quantitative estimate of drug-likeness (QED) is 0.752. The molecular formula is C16H10ClF2N3O. The lowest BCUT2D eigenvalue weighted by Crippen LogP contribution is -2.12. The Hall–Kier alpha value is -2.73. The summed E-state index contributed by atoms with van der Waals surface area (Å²) in [4.78, 5) is 12.1. The zero-order valence-corrected chi connectivity index (χ0v) is 12.4. The Balaban J connectivity index is 1.78. The molecule has 0 saturated carbocycles. The zero-order chi connectivity index (χ0) is 16.4. The van der Waals surface area contributed by atoms with Crippen LogP contribution in [0.4, 0.5) is 14.5 Å². The first-order valence-electron chi connectivity index (χ1n) is 6.61. The second-order valence-corrected chi connectivity index (χ2v) is 5.16. The number of rotatable bonds is 3. The molecule has 7 heteroatoms. The number of aromatic nitrogens is 2. The second kappa shape index (κ2) is 6.18. The number of nitrogens with one attached hydrogen (secondary N) is 2. The second-order valence-electron chi connectivity index (χ2n) is 4.76. The van der Waals surface area contributed by atoms with Crippen LogP contribution < -0.4 is 5.32 Å². The van der Waals surface area contributed by atoms with Gasteiger partial charge in [0.25, 0.3) is 5.91 Å². The minimum absolute atomic E-state index is 0.0839. The van der Waals surface area contributed by atoms with Gasteiger partial charge in [0.2, 0.25) is 0 Å². The summed E-state index contributed by atoms with van der Waals surface area (Å²) in [6.07, 6.45) is 0. The maximum Gasteiger partial charge on any atom is 0.273 e. The summed E-state index contributed by atoms with van der Waals surface area (Å²) in [6.45, 7) is 0. The lowest BCUT2D eigenvalue weighted by atomic mass is 10.1. The molecule has 0 bridgehead atoms. The van der Waals surface area contributed by atoms with E-state index < -0.39 is 11.7 Å². The first kappa shape index (κ1) is 15.2. The van der Waals surface area contributed by atoms with Gasteiger partial charge in [-0.1, -0.05) is 11.6 Å². The van der Waals surface area contributed by atoms with Crippen molar-refractivity contribution in [3.05, 3.63) is 70.9 Å². The fourth-order valence-corrected chi connectivity index (χ4v) is 2.16. The average Bonchev–Trinajstić information content (AvgIpc) is 3.02. The number of hydrogen-bond donors (Lipinski definition) is 2. The van der Waals surface area contributed by atoms with Crippen LogP contribution in [0.5, 0.6) is 0 Å². The summed E-state index contributed by atoms with van der Waals surface area (Å²) in [5.41, 5.74) is 1.75. The number of hydrogen-bond acceptors (Lipinski definition) is 2. The highest BCUT2D eigenvalue weighted by atomic mass is 35.5.